The normalized spacial score (nSPS) is 16.7. The lowest BCUT2D eigenvalue weighted by atomic mass is 10.3. The van der Waals surface area contributed by atoms with Gasteiger partial charge in [0.05, 0.1) is 14.2 Å². The molecule has 3 heteroatoms. The third-order valence-electron chi connectivity index (χ3n) is 2.55. The van der Waals surface area contributed by atoms with Crippen molar-refractivity contribution in [1.82, 2.24) is 0 Å². The highest BCUT2D eigenvalue weighted by Crippen LogP contribution is 2.27. The monoisotopic (exact) mass is 217 g/mol. The zero-order valence-corrected chi connectivity index (χ0v) is 11.3. The van der Waals surface area contributed by atoms with Gasteiger partial charge in [0, 0.05) is 25.4 Å². The first-order chi connectivity index (χ1) is 6.43. The van der Waals surface area contributed by atoms with Gasteiger partial charge in [-0.15, -0.1) is 0 Å². The summed E-state index contributed by atoms with van der Waals surface area (Å²) >= 11 is 0. The van der Waals surface area contributed by atoms with Crippen molar-refractivity contribution in [2.24, 2.45) is 0 Å². The van der Waals surface area contributed by atoms with E-state index in [-0.39, 0.29) is 0 Å². The van der Waals surface area contributed by atoms with Gasteiger partial charge in [-0.25, -0.2) is 0 Å². The first-order valence-electron chi connectivity index (χ1n) is 5.42. The summed E-state index contributed by atoms with van der Waals surface area (Å²) in [6.07, 6.45) is 0.304. The summed E-state index contributed by atoms with van der Waals surface area (Å²) in [5, 5.41) is 0. The summed E-state index contributed by atoms with van der Waals surface area (Å²) in [6, 6.07) is 0. The van der Waals surface area contributed by atoms with E-state index in [9.17, 15) is 0 Å². The number of hydrogen-bond donors (Lipinski definition) is 0. The molecule has 0 aromatic carbocycles. The third-order valence-corrected chi connectivity index (χ3v) is 5.41. The van der Waals surface area contributed by atoms with E-state index in [1.54, 1.807) is 0 Å². The lowest BCUT2D eigenvalue weighted by Gasteiger charge is -2.33. The van der Waals surface area contributed by atoms with Gasteiger partial charge in [-0.3, -0.25) is 0 Å². The fourth-order valence-electron chi connectivity index (χ4n) is 1.68. The van der Waals surface area contributed by atoms with Crippen molar-refractivity contribution in [1.29, 1.82) is 0 Å². The molecule has 0 aliphatic rings. The minimum Gasteiger partial charge on any atom is -0.381 e. The molecule has 0 amide bonds. The van der Waals surface area contributed by atoms with Crippen LogP contribution in [0.3, 0.4) is 0 Å². The minimum absolute atomic E-state index is 0.304. The van der Waals surface area contributed by atoms with Gasteiger partial charge in [0.2, 0.25) is 0 Å². The average molecular weight is 217 g/mol. The predicted molar refractivity (Wildman–Crippen MR) is 64.4 cm³/mol. The second-order valence-corrected chi connectivity index (χ2v) is 10.2. The van der Waals surface area contributed by atoms with Crippen LogP contribution in [0.25, 0.3) is 0 Å². The van der Waals surface area contributed by atoms with E-state index in [0.717, 1.165) is 13.2 Å². The molecule has 85 valence electrons. The molecule has 2 nitrogen and oxygen atoms in total. The Balaban J connectivity index is 4.23. The van der Waals surface area contributed by atoms with Gasteiger partial charge in [-0.1, -0.05) is 19.6 Å². The Hall–Kier alpha value is 0.137. The Bertz CT molecular complexity index is 143. The lowest BCUT2D eigenvalue weighted by Crippen LogP contribution is -2.39. The van der Waals surface area contributed by atoms with Gasteiger partial charge in [0.1, 0.15) is 0 Å². The van der Waals surface area contributed by atoms with Crippen molar-refractivity contribution >= 4 is 8.07 Å². The fourth-order valence-corrected chi connectivity index (χ4v) is 3.80. The van der Waals surface area contributed by atoms with Gasteiger partial charge < -0.3 is 9.47 Å². The summed E-state index contributed by atoms with van der Waals surface area (Å²) in [7, 11) is -1.20. The van der Waals surface area contributed by atoms with Crippen molar-refractivity contribution in [2.45, 2.75) is 45.1 Å². The van der Waals surface area contributed by atoms with E-state index < -0.39 is 8.07 Å². The fraction of sp³-hybridized carbons (Fsp3) is 0.909. The second-order valence-electron chi connectivity index (χ2n) is 4.71. The van der Waals surface area contributed by atoms with Crippen LogP contribution in [0, 0.1) is 6.92 Å². The molecule has 0 saturated heterocycles. The first kappa shape index (κ1) is 14.1. The molecule has 2 unspecified atom stereocenters. The quantitative estimate of drug-likeness (QED) is 0.610. The van der Waals surface area contributed by atoms with Crippen LogP contribution in [0.1, 0.15) is 13.8 Å². The van der Waals surface area contributed by atoms with E-state index >= 15 is 0 Å². The molecule has 0 aliphatic heterocycles. The average Bonchev–Trinajstić information content (AvgIpc) is 2.03. The number of hydrogen-bond acceptors (Lipinski definition) is 2. The van der Waals surface area contributed by atoms with Crippen molar-refractivity contribution in [3.63, 3.8) is 0 Å². The molecule has 1 radical (unpaired) electrons. The first-order valence-corrected chi connectivity index (χ1v) is 8.99. The highest BCUT2D eigenvalue weighted by atomic mass is 28.3. The molecule has 0 heterocycles. The van der Waals surface area contributed by atoms with Crippen LogP contribution in [-0.2, 0) is 9.47 Å². The number of rotatable bonds is 7. The van der Waals surface area contributed by atoms with Crippen LogP contribution in [-0.4, -0.2) is 34.0 Å². The molecule has 0 spiro atoms. The molecule has 0 saturated carbocycles. The van der Waals surface area contributed by atoms with Gasteiger partial charge in [-0.05, 0) is 20.8 Å². The molecule has 14 heavy (non-hydrogen) atoms. The van der Waals surface area contributed by atoms with Crippen molar-refractivity contribution in [2.75, 3.05) is 19.8 Å². The van der Waals surface area contributed by atoms with Gasteiger partial charge in [0.15, 0.2) is 0 Å². The Morgan fingerprint density at radius 3 is 2.21 bits per heavy atom. The van der Waals surface area contributed by atoms with E-state index in [4.69, 9.17) is 9.47 Å². The zero-order valence-electron chi connectivity index (χ0n) is 10.3. The van der Waals surface area contributed by atoms with Crippen molar-refractivity contribution < 1.29 is 9.47 Å². The van der Waals surface area contributed by atoms with Gasteiger partial charge >= 0.3 is 0 Å². The van der Waals surface area contributed by atoms with Crippen LogP contribution in [0.5, 0.6) is 0 Å². The third kappa shape index (κ3) is 5.13. The van der Waals surface area contributed by atoms with Gasteiger partial charge in [0.25, 0.3) is 0 Å². The molecular formula is C11H25O2Si. The lowest BCUT2D eigenvalue weighted by molar-refractivity contribution is 0.0414. The van der Waals surface area contributed by atoms with E-state index in [1.165, 1.54) is 0 Å². The molecule has 0 rings (SSSR count). The largest absolute Gasteiger partial charge is 0.381 e. The molecule has 2 atom stereocenters. The summed E-state index contributed by atoms with van der Waals surface area (Å²) in [5.74, 6) is 0. The molecule has 0 aromatic heterocycles. The van der Waals surface area contributed by atoms with E-state index in [1.807, 2.05) is 6.92 Å². The molecular weight excluding hydrogens is 192 g/mol. The van der Waals surface area contributed by atoms with Crippen LogP contribution in [0.15, 0.2) is 0 Å². The van der Waals surface area contributed by atoms with Crippen LogP contribution in [0.2, 0.25) is 25.2 Å². The number of ether oxygens (including phenoxy) is 2. The minimum atomic E-state index is -1.20. The zero-order chi connectivity index (χ0) is 11.2. The van der Waals surface area contributed by atoms with E-state index in [2.05, 4.69) is 33.5 Å². The summed E-state index contributed by atoms with van der Waals surface area (Å²) < 4.78 is 11.1. The second kappa shape index (κ2) is 6.59. The topological polar surface area (TPSA) is 18.5 Å². The summed E-state index contributed by atoms with van der Waals surface area (Å²) in [4.78, 5) is 0. The maximum atomic E-state index is 5.66. The highest BCUT2D eigenvalue weighted by Gasteiger charge is 2.31. The maximum Gasteiger partial charge on any atom is 0.0573 e. The Labute approximate surface area is 90.0 Å². The van der Waals surface area contributed by atoms with Crippen molar-refractivity contribution in [3.8, 4) is 0 Å². The maximum absolute atomic E-state index is 5.66. The molecule has 0 bridgehead atoms. The summed E-state index contributed by atoms with van der Waals surface area (Å²) in [6.45, 7) is 17.1. The Morgan fingerprint density at radius 2 is 1.86 bits per heavy atom. The SMILES string of the molecule is [CH2]COCC(C(C)OCC)[Si](C)(C)C. The van der Waals surface area contributed by atoms with Crippen LogP contribution in [0.4, 0.5) is 0 Å². The standard InChI is InChI=1S/C11H25O2Si/c1-7-12-9-11(14(4,5)6)10(3)13-8-2/h10-11H,1,7-9H2,2-6H3. The van der Waals surface area contributed by atoms with E-state index in [0.29, 0.717) is 18.3 Å². The van der Waals surface area contributed by atoms with Gasteiger partial charge in [-0.2, -0.15) is 0 Å². The smallest absolute Gasteiger partial charge is 0.0573 e. The predicted octanol–water partition coefficient (Wildman–Crippen LogP) is 2.97. The molecule has 0 aromatic rings. The summed E-state index contributed by atoms with van der Waals surface area (Å²) in [5.41, 5.74) is 0.559. The molecule has 0 aliphatic carbocycles. The van der Waals surface area contributed by atoms with Crippen LogP contribution >= 0.6 is 0 Å². The van der Waals surface area contributed by atoms with Crippen molar-refractivity contribution in [3.05, 3.63) is 6.92 Å². The van der Waals surface area contributed by atoms with Crippen LogP contribution < -0.4 is 0 Å². The molecule has 0 fully saturated rings. The molecule has 0 N–H and O–H groups in total. The Morgan fingerprint density at radius 1 is 1.29 bits per heavy atom. The highest BCUT2D eigenvalue weighted by molar-refractivity contribution is 6.77. The Kier molecular flexibility index (Phi) is 6.65.